The molecule has 11 heteroatoms. The van der Waals surface area contributed by atoms with Crippen LogP contribution in [0.3, 0.4) is 0 Å². The van der Waals surface area contributed by atoms with Crippen LogP contribution in [0.1, 0.15) is 24.5 Å². The van der Waals surface area contributed by atoms with Gasteiger partial charge in [-0.25, -0.2) is 9.79 Å². The number of aliphatic carboxylic acids is 1. The number of nitrogens with two attached hydrogens (primary N) is 1. The van der Waals surface area contributed by atoms with Gasteiger partial charge in [-0.05, 0) is 48.4 Å². The molecule has 5 N–H and O–H groups in total. The maximum atomic E-state index is 12.0. The Hall–Kier alpha value is -4.51. The number of carbonyl (C=O) groups excluding carboxylic acids is 3. The van der Waals surface area contributed by atoms with Crippen LogP contribution in [0.25, 0.3) is 6.08 Å². The molecule has 0 saturated heterocycles. The Labute approximate surface area is 194 Å². The van der Waals surface area contributed by atoms with Crippen LogP contribution in [0.15, 0.2) is 59.2 Å². The summed E-state index contributed by atoms with van der Waals surface area (Å²) in [6.45, 7) is 1.62. The molecule has 176 valence electrons. The van der Waals surface area contributed by atoms with Gasteiger partial charge < -0.3 is 30.9 Å². The van der Waals surface area contributed by atoms with Gasteiger partial charge in [0, 0.05) is 5.69 Å². The van der Waals surface area contributed by atoms with Crippen molar-refractivity contribution in [2.75, 3.05) is 5.32 Å². The molecule has 34 heavy (non-hydrogen) atoms. The fourth-order valence-electron chi connectivity index (χ4n) is 2.84. The van der Waals surface area contributed by atoms with Crippen LogP contribution in [-0.2, 0) is 25.7 Å². The summed E-state index contributed by atoms with van der Waals surface area (Å²) in [5.41, 5.74) is 7.56. The minimum absolute atomic E-state index is 0.0672. The van der Waals surface area contributed by atoms with Crippen molar-refractivity contribution >= 4 is 41.5 Å². The van der Waals surface area contributed by atoms with Gasteiger partial charge in [-0.2, -0.15) is 0 Å². The van der Waals surface area contributed by atoms with E-state index in [1.54, 1.807) is 61.5 Å². The van der Waals surface area contributed by atoms with Crippen LogP contribution >= 0.6 is 0 Å². The molecule has 0 bridgehead atoms. The molecule has 2 aromatic rings. The van der Waals surface area contributed by atoms with Crippen molar-refractivity contribution in [1.29, 1.82) is 0 Å². The molecule has 1 aliphatic heterocycles. The third-order valence-corrected chi connectivity index (χ3v) is 4.51. The Bertz CT molecular complexity index is 1150. The van der Waals surface area contributed by atoms with Crippen molar-refractivity contribution in [1.82, 2.24) is 5.32 Å². The molecule has 1 heterocycles. The Morgan fingerprint density at radius 1 is 1.15 bits per heavy atom. The summed E-state index contributed by atoms with van der Waals surface area (Å²) < 4.78 is 10.2. The molecule has 0 aliphatic carbocycles. The van der Waals surface area contributed by atoms with E-state index < -0.39 is 30.5 Å². The first-order chi connectivity index (χ1) is 16.2. The molecule has 2 aromatic carbocycles. The summed E-state index contributed by atoms with van der Waals surface area (Å²) in [4.78, 5) is 50.2. The van der Waals surface area contributed by atoms with Gasteiger partial charge in [0.1, 0.15) is 23.9 Å². The number of carboxylic acid groups (broad SMARTS) is 1. The second kappa shape index (κ2) is 10.9. The number of aliphatic imine (C=N–C) groups is 1. The Morgan fingerprint density at radius 3 is 2.41 bits per heavy atom. The van der Waals surface area contributed by atoms with E-state index in [0.29, 0.717) is 28.3 Å². The highest BCUT2D eigenvalue weighted by Gasteiger charge is 2.18. The van der Waals surface area contributed by atoms with Gasteiger partial charge in [0.15, 0.2) is 0 Å². The van der Waals surface area contributed by atoms with Crippen LogP contribution in [0, 0.1) is 0 Å². The molecule has 1 aliphatic rings. The lowest BCUT2D eigenvalue weighted by atomic mass is 10.2. The number of nitrogens with zero attached hydrogens (tertiary/aromatic N) is 1. The van der Waals surface area contributed by atoms with Crippen molar-refractivity contribution in [3.05, 3.63) is 65.4 Å². The molecule has 3 rings (SSSR count). The van der Waals surface area contributed by atoms with Gasteiger partial charge >= 0.3 is 12.1 Å². The van der Waals surface area contributed by atoms with Gasteiger partial charge in [0.2, 0.25) is 5.91 Å². The second-order valence-corrected chi connectivity index (χ2v) is 7.28. The van der Waals surface area contributed by atoms with Crippen molar-refractivity contribution in [3.8, 4) is 5.75 Å². The Kier molecular flexibility index (Phi) is 7.72. The van der Waals surface area contributed by atoms with E-state index >= 15 is 0 Å². The summed E-state index contributed by atoms with van der Waals surface area (Å²) in [6.07, 6.45) is 0.226. The zero-order valence-corrected chi connectivity index (χ0v) is 18.1. The first kappa shape index (κ1) is 24.1. The van der Waals surface area contributed by atoms with E-state index in [0.717, 1.165) is 0 Å². The fourth-order valence-corrected chi connectivity index (χ4v) is 2.84. The quantitative estimate of drug-likeness (QED) is 0.260. The number of hydrogen-bond acceptors (Lipinski definition) is 8. The molecular formula is C23H22N4O7. The topological polar surface area (TPSA) is 169 Å². The van der Waals surface area contributed by atoms with E-state index in [4.69, 9.17) is 20.3 Å². The van der Waals surface area contributed by atoms with Crippen molar-refractivity contribution in [3.63, 3.8) is 0 Å². The summed E-state index contributed by atoms with van der Waals surface area (Å²) in [7, 11) is 0. The van der Waals surface area contributed by atoms with Crippen LogP contribution in [-0.4, -0.2) is 40.9 Å². The van der Waals surface area contributed by atoms with Gasteiger partial charge in [-0.1, -0.05) is 24.3 Å². The first-order valence-corrected chi connectivity index (χ1v) is 10.1. The fraction of sp³-hybridized carbons (Fsp3) is 0.174. The maximum Gasteiger partial charge on any atom is 0.514 e. The standard InChI is InChI=1S/C23H22N4O7/c1-13-25-19(22(31)26-13)10-14-4-8-17(9-5-14)34-23(32)33-12-15-2-6-16(7-3-15)27-21(30)18(24)11-20(28)29/h2-10,18H,11-12,24H2,1H3,(H,27,30)(H,28,29)(H,25,26,31)/b19-10-. The molecule has 0 radical (unpaired) electrons. The summed E-state index contributed by atoms with van der Waals surface area (Å²) >= 11 is 0. The SMILES string of the molecule is CC1=N/C(=C\c2ccc(OC(=O)OCc3ccc(NC(=O)C(N)CC(=O)O)cc3)cc2)C(=O)N1. The monoisotopic (exact) mass is 466 g/mol. The number of carbonyl (C=O) groups is 4. The number of nitrogens with one attached hydrogen (secondary N) is 2. The third-order valence-electron chi connectivity index (χ3n) is 4.51. The van der Waals surface area contributed by atoms with Crippen LogP contribution in [0.4, 0.5) is 10.5 Å². The smallest absolute Gasteiger partial charge is 0.481 e. The number of carboxylic acids is 1. The Morgan fingerprint density at radius 2 is 1.82 bits per heavy atom. The third kappa shape index (κ3) is 7.00. The molecule has 1 unspecified atom stereocenters. The van der Waals surface area contributed by atoms with E-state index in [1.807, 2.05) is 0 Å². The lowest BCUT2D eigenvalue weighted by molar-refractivity contribution is -0.138. The number of rotatable bonds is 8. The lowest BCUT2D eigenvalue weighted by Crippen LogP contribution is -2.37. The van der Waals surface area contributed by atoms with Crippen molar-refractivity contribution in [2.24, 2.45) is 10.7 Å². The molecule has 0 fully saturated rings. The van der Waals surface area contributed by atoms with E-state index in [1.165, 1.54) is 0 Å². The number of amidine groups is 1. The molecular weight excluding hydrogens is 444 g/mol. The van der Waals surface area contributed by atoms with Crippen LogP contribution < -0.4 is 21.1 Å². The molecule has 0 saturated carbocycles. The normalized spacial score (nSPS) is 14.7. The van der Waals surface area contributed by atoms with Gasteiger partial charge in [-0.3, -0.25) is 14.4 Å². The number of amides is 2. The first-order valence-electron chi connectivity index (χ1n) is 10.1. The second-order valence-electron chi connectivity index (χ2n) is 7.28. The zero-order valence-electron chi connectivity index (χ0n) is 18.1. The highest BCUT2D eigenvalue weighted by Crippen LogP contribution is 2.17. The number of hydrogen-bond donors (Lipinski definition) is 4. The van der Waals surface area contributed by atoms with Gasteiger partial charge in [0.05, 0.1) is 12.5 Å². The predicted molar refractivity (Wildman–Crippen MR) is 122 cm³/mol. The van der Waals surface area contributed by atoms with E-state index in [2.05, 4.69) is 15.6 Å². The number of ether oxygens (including phenoxy) is 2. The van der Waals surface area contributed by atoms with E-state index in [9.17, 15) is 19.2 Å². The Balaban J connectivity index is 1.47. The largest absolute Gasteiger partial charge is 0.514 e. The van der Waals surface area contributed by atoms with E-state index in [-0.39, 0.29) is 18.3 Å². The maximum absolute atomic E-state index is 12.0. The molecule has 1 atom stereocenters. The van der Waals surface area contributed by atoms with Crippen LogP contribution in [0.2, 0.25) is 0 Å². The summed E-state index contributed by atoms with van der Waals surface area (Å²) in [5, 5.41) is 13.8. The summed E-state index contributed by atoms with van der Waals surface area (Å²) in [6, 6.07) is 11.7. The lowest BCUT2D eigenvalue weighted by Gasteiger charge is -2.11. The zero-order chi connectivity index (χ0) is 24.7. The predicted octanol–water partition coefficient (Wildman–Crippen LogP) is 2.03. The van der Waals surface area contributed by atoms with Crippen molar-refractivity contribution < 1.29 is 33.8 Å². The van der Waals surface area contributed by atoms with Gasteiger partial charge in [0.25, 0.3) is 5.91 Å². The van der Waals surface area contributed by atoms with Gasteiger partial charge in [-0.15, -0.1) is 0 Å². The van der Waals surface area contributed by atoms with Crippen molar-refractivity contribution in [2.45, 2.75) is 26.0 Å². The summed E-state index contributed by atoms with van der Waals surface area (Å²) in [5.74, 6) is -1.28. The molecule has 11 nitrogen and oxygen atoms in total. The molecule has 0 aromatic heterocycles. The minimum Gasteiger partial charge on any atom is -0.481 e. The molecule has 2 amide bonds. The number of anilines is 1. The highest BCUT2D eigenvalue weighted by molar-refractivity contribution is 6.13. The average Bonchev–Trinajstić information content (AvgIpc) is 3.10. The minimum atomic E-state index is -1.17. The molecule has 0 spiro atoms. The number of benzene rings is 2. The highest BCUT2D eigenvalue weighted by atomic mass is 16.7. The average molecular weight is 466 g/mol. The van der Waals surface area contributed by atoms with Crippen LogP contribution in [0.5, 0.6) is 5.75 Å².